The third-order valence-electron chi connectivity index (χ3n) is 3.08. The number of hydrogen-bond donors (Lipinski definition) is 0. The minimum Gasteiger partial charge on any atom is -0.411 e. The van der Waals surface area contributed by atoms with Gasteiger partial charge < -0.3 is 14.1 Å². The minimum absolute atomic E-state index is 0.0114. The first kappa shape index (κ1) is 17.8. The fourth-order valence-electron chi connectivity index (χ4n) is 1.78. The molecule has 124 valence electrons. The highest BCUT2D eigenvalue weighted by atomic mass is 35.5. The van der Waals surface area contributed by atoms with E-state index in [0.29, 0.717) is 29.3 Å². The van der Waals surface area contributed by atoms with E-state index in [1.807, 2.05) is 0 Å². The van der Waals surface area contributed by atoms with E-state index in [0.717, 1.165) is 12.0 Å². The van der Waals surface area contributed by atoms with Crippen LogP contribution in [-0.2, 0) is 9.53 Å². The van der Waals surface area contributed by atoms with Gasteiger partial charge in [0.25, 0.3) is 5.22 Å². The number of benzene rings is 1. The zero-order valence-corrected chi connectivity index (χ0v) is 14.6. The third-order valence-corrected chi connectivity index (χ3v) is 4.14. The molecule has 0 saturated heterocycles. The van der Waals surface area contributed by atoms with Gasteiger partial charge in [0.2, 0.25) is 11.8 Å². The lowest BCUT2D eigenvalue weighted by molar-refractivity contribution is -0.127. The van der Waals surface area contributed by atoms with Crippen molar-refractivity contribution in [3.05, 3.63) is 29.3 Å². The molecular formula is C15H18ClN3O3S. The van der Waals surface area contributed by atoms with Crippen molar-refractivity contribution in [1.29, 1.82) is 0 Å². The number of amides is 1. The molecule has 0 radical (unpaired) electrons. The molecule has 1 aromatic carbocycles. The zero-order chi connectivity index (χ0) is 16.7. The Hall–Kier alpha value is -1.57. The summed E-state index contributed by atoms with van der Waals surface area (Å²) < 4.78 is 10.5. The number of methoxy groups -OCH3 is 1. The van der Waals surface area contributed by atoms with Crippen LogP contribution >= 0.6 is 23.4 Å². The Bertz CT molecular complexity index is 633. The van der Waals surface area contributed by atoms with Crippen LogP contribution in [0.1, 0.15) is 6.42 Å². The highest BCUT2D eigenvalue weighted by Gasteiger charge is 2.13. The van der Waals surface area contributed by atoms with Gasteiger partial charge in [-0.05, 0) is 30.7 Å². The largest absolute Gasteiger partial charge is 0.411 e. The lowest BCUT2D eigenvalue weighted by Crippen LogP contribution is -2.29. The molecule has 0 aliphatic rings. The Morgan fingerprint density at radius 2 is 2.09 bits per heavy atom. The number of nitrogens with zero attached hydrogens (tertiary/aromatic N) is 3. The molecule has 2 rings (SSSR count). The zero-order valence-electron chi connectivity index (χ0n) is 13.0. The van der Waals surface area contributed by atoms with Crippen molar-refractivity contribution in [2.45, 2.75) is 11.6 Å². The second kappa shape index (κ2) is 8.90. The van der Waals surface area contributed by atoms with Crippen molar-refractivity contribution < 1.29 is 13.9 Å². The van der Waals surface area contributed by atoms with Crippen molar-refractivity contribution in [3.63, 3.8) is 0 Å². The average molecular weight is 356 g/mol. The molecule has 0 fully saturated rings. The molecule has 1 aromatic heterocycles. The van der Waals surface area contributed by atoms with Crippen LogP contribution in [-0.4, -0.2) is 54.1 Å². The number of rotatable bonds is 8. The summed E-state index contributed by atoms with van der Waals surface area (Å²) in [6.45, 7) is 1.30. The summed E-state index contributed by atoms with van der Waals surface area (Å²) in [7, 11) is 3.41. The monoisotopic (exact) mass is 355 g/mol. The molecule has 2 aromatic rings. The number of carbonyl (C=O) groups is 1. The van der Waals surface area contributed by atoms with Crippen LogP contribution in [0, 0.1) is 0 Å². The number of halogens is 1. The highest BCUT2D eigenvalue weighted by molar-refractivity contribution is 7.99. The third kappa shape index (κ3) is 5.53. The van der Waals surface area contributed by atoms with Gasteiger partial charge in [-0.1, -0.05) is 23.4 Å². The molecule has 8 heteroatoms. The van der Waals surface area contributed by atoms with E-state index in [1.165, 1.54) is 11.8 Å². The van der Waals surface area contributed by atoms with Gasteiger partial charge >= 0.3 is 0 Å². The molecule has 0 atom stereocenters. The quantitative estimate of drug-likeness (QED) is 0.535. The van der Waals surface area contributed by atoms with Crippen LogP contribution in [0.3, 0.4) is 0 Å². The Morgan fingerprint density at radius 3 is 2.78 bits per heavy atom. The molecule has 1 amide bonds. The number of carbonyl (C=O) groups excluding carboxylic acids is 1. The van der Waals surface area contributed by atoms with Crippen molar-refractivity contribution in [2.24, 2.45) is 0 Å². The van der Waals surface area contributed by atoms with Crippen molar-refractivity contribution in [3.8, 4) is 11.5 Å². The topological polar surface area (TPSA) is 68.5 Å². The first-order valence-corrected chi connectivity index (χ1v) is 8.41. The number of aromatic nitrogens is 2. The van der Waals surface area contributed by atoms with E-state index in [1.54, 1.807) is 43.3 Å². The fraction of sp³-hybridized carbons (Fsp3) is 0.400. The van der Waals surface area contributed by atoms with Gasteiger partial charge in [0, 0.05) is 37.9 Å². The van der Waals surface area contributed by atoms with Gasteiger partial charge in [-0.3, -0.25) is 4.79 Å². The SMILES string of the molecule is COCCCN(C)C(=O)CSc1nnc(-c2ccc(Cl)cc2)o1. The maximum atomic E-state index is 12.0. The molecular weight excluding hydrogens is 338 g/mol. The molecule has 0 aliphatic carbocycles. The molecule has 0 aliphatic heterocycles. The van der Waals surface area contributed by atoms with Gasteiger partial charge in [0.1, 0.15) is 0 Å². The summed E-state index contributed by atoms with van der Waals surface area (Å²) >= 11 is 7.07. The minimum atomic E-state index is 0.0114. The summed E-state index contributed by atoms with van der Waals surface area (Å²) in [6.07, 6.45) is 0.810. The van der Waals surface area contributed by atoms with E-state index >= 15 is 0 Å². The Morgan fingerprint density at radius 1 is 1.35 bits per heavy atom. The Labute approximate surface area is 144 Å². The second-order valence-electron chi connectivity index (χ2n) is 4.83. The van der Waals surface area contributed by atoms with E-state index in [4.69, 9.17) is 20.8 Å². The van der Waals surface area contributed by atoms with Gasteiger partial charge in [-0.2, -0.15) is 0 Å². The lowest BCUT2D eigenvalue weighted by Gasteiger charge is -2.15. The number of hydrogen-bond acceptors (Lipinski definition) is 6. The molecule has 23 heavy (non-hydrogen) atoms. The molecule has 0 saturated carbocycles. The summed E-state index contributed by atoms with van der Waals surface area (Å²) in [5, 5.41) is 8.93. The van der Waals surface area contributed by atoms with Gasteiger partial charge in [-0.15, -0.1) is 10.2 Å². The van der Waals surface area contributed by atoms with Crippen LogP contribution in [0.15, 0.2) is 33.9 Å². The van der Waals surface area contributed by atoms with E-state index in [-0.39, 0.29) is 11.7 Å². The van der Waals surface area contributed by atoms with Gasteiger partial charge in [-0.25, -0.2) is 0 Å². The maximum absolute atomic E-state index is 12.0. The Balaban J connectivity index is 1.84. The number of ether oxygens (including phenoxy) is 1. The van der Waals surface area contributed by atoms with E-state index < -0.39 is 0 Å². The Kier molecular flexibility index (Phi) is 6.88. The summed E-state index contributed by atoms with van der Waals surface area (Å²) in [6, 6.07) is 7.12. The summed E-state index contributed by atoms with van der Waals surface area (Å²) in [5.41, 5.74) is 0.789. The van der Waals surface area contributed by atoms with Gasteiger partial charge in [0.05, 0.1) is 5.75 Å². The normalized spacial score (nSPS) is 10.7. The maximum Gasteiger partial charge on any atom is 0.277 e. The van der Waals surface area contributed by atoms with Crippen LogP contribution in [0.5, 0.6) is 0 Å². The van der Waals surface area contributed by atoms with E-state index in [9.17, 15) is 4.79 Å². The lowest BCUT2D eigenvalue weighted by atomic mass is 10.2. The first-order chi connectivity index (χ1) is 11.1. The van der Waals surface area contributed by atoms with Crippen LogP contribution in [0.4, 0.5) is 0 Å². The molecule has 0 spiro atoms. The molecule has 1 heterocycles. The molecule has 0 unspecified atom stereocenters. The first-order valence-electron chi connectivity index (χ1n) is 7.05. The second-order valence-corrected chi connectivity index (χ2v) is 6.19. The van der Waals surface area contributed by atoms with Crippen LogP contribution < -0.4 is 0 Å². The van der Waals surface area contributed by atoms with Crippen LogP contribution in [0.25, 0.3) is 11.5 Å². The molecule has 6 nitrogen and oxygen atoms in total. The average Bonchev–Trinajstić information content (AvgIpc) is 3.02. The summed E-state index contributed by atoms with van der Waals surface area (Å²) in [4.78, 5) is 13.7. The summed E-state index contributed by atoms with van der Waals surface area (Å²) in [5.74, 6) is 0.675. The number of thioether (sulfide) groups is 1. The predicted octanol–water partition coefficient (Wildman–Crippen LogP) is 2.98. The standard InChI is InChI=1S/C15H18ClN3O3S/c1-19(8-3-9-21-2)13(20)10-23-15-18-17-14(22-15)11-4-6-12(16)7-5-11/h4-7H,3,8-10H2,1-2H3. The van der Waals surface area contributed by atoms with E-state index in [2.05, 4.69) is 10.2 Å². The highest BCUT2D eigenvalue weighted by Crippen LogP contribution is 2.24. The smallest absolute Gasteiger partial charge is 0.277 e. The molecule has 0 bridgehead atoms. The van der Waals surface area contributed by atoms with Gasteiger partial charge in [0.15, 0.2) is 0 Å². The van der Waals surface area contributed by atoms with Crippen molar-refractivity contribution >= 4 is 29.3 Å². The van der Waals surface area contributed by atoms with Crippen molar-refractivity contribution in [1.82, 2.24) is 15.1 Å². The predicted molar refractivity (Wildman–Crippen MR) is 89.6 cm³/mol. The van der Waals surface area contributed by atoms with Crippen molar-refractivity contribution in [2.75, 3.05) is 33.1 Å². The van der Waals surface area contributed by atoms with Crippen LogP contribution in [0.2, 0.25) is 5.02 Å². The fourth-order valence-corrected chi connectivity index (χ4v) is 2.61. The molecule has 0 N–H and O–H groups in total.